The van der Waals surface area contributed by atoms with Crippen LogP contribution in [0.15, 0.2) is 42.5 Å². The van der Waals surface area contributed by atoms with Gasteiger partial charge in [-0.2, -0.15) is 0 Å². The molecule has 0 spiro atoms. The molecule has 0 amide bonds. The van der Waals surface area contributed by atoms with Gasteiger partial charge in [-0.05, 0) is 30.0 Å². The molecular formula is C17H19NO3. The number of aromatic hydroxyl groups is 3. The standard InChI is InChI=1S/C17H19NO3/c1-10-9-13(10)18-15(11-5-3-2-4-6-11)12-7-8-14(19)17(21)16(12)20/h2-8,10,13,15,18-21H,9H2,1H3. The van der Waals surface area contributed by atoms with Crippen LogP contribution in [0.25, 0.3) is 0 Å². The highest BCUT2D eigenvalue weighted by Gasteiger charge is 2.35. The van der Waals surface area contributed by atoms with Gasteiger partial charge in [-0.3, -0.25) is 0 Å². The molecule has 0 radical (unpaired) electrons. The summed E-state index contributed by atoms with van der Waals surface area (Å²) in [4.78, 5) is 0. The number of rotatable bonds is 4. The lowest BCUT2D eigenvalue weighted by Crippen LogP contribution is -2.25. The number of phenolic OH excluding ortho intramolecular Hbond substituents is 3. The first kappa shape index (κ1) is 13.8. The molecule has 3 rings (SSSR count). The molecule has 1 aliphatic carbocycles. The van der Waals surface area contributed by atoms with Gasteiger partial charge in [-0.15, -0.1) is 0 Å². The van der Waals surface area contributed by atoms with E-state index < -0.39 is 5.75 Å². The topological polar surface area (TPSA) is 72.7 Å². The van der Waals surface area contributed by atoms with Crippen molar-refractivity contribution in [2.75, 3.05) is 0 Å². The number of hydrogen-bond acceptors (Lipinski definition) is 4. The van der Waals surface area contributed by atoms with Gasteiger partial charge >= 0.3 is 0 Å². The van der Waals surface area contributed by atoms with Gasteiger partial charge < -0.3 is 20.6 Å². The van der Waals surface area contributed by atoms with Crippen molar-refractivity contribution in [3.05, 3.63) is 53.6 Å². The molecule has 2 aromatic rings. The van der Waals surface area contributed by atoms with Crippen molar-refractivity contribution in [2.24, 2.45) is 5.92 Å². The van der Waals surface area contributed by atoms with E-state index in [1.807, 2.05) is 30.3 Å². The molecule has 1 saturated carbocycles. The summed E-state index contributed by atoms with van der Waals surface area (Å²) in [5, 5.41) is 32.9. The van der Waals surface area contributed by atoms with Crippen LogP contribution in [0.4, 0.5) is 0 Å². The summed E-state index contributed by atoms with van der Waals surface area (Å²) in [6.07, 6.45) is 1.11. The second-order valence-corrected chi connectivity index (χ2v) is 5.70. The van der Waals surface area contributed by atoms with Crippen molar-refractivity contribution in [3.8, 4) is 17.2 Å². The molecule has 0 saturated heterocycles. The molecule has 0 bridgehead atoms. The van der Waals surface area contributed by atoms with Crippen molar-refractivity contribution in [1.29, 1.82) is 0 Å². The fourth-order valence-corrected chi connectivity index (χ4v) is 2.60. The van der Waals surface area contributed by atoms with Gasteiger partial charge in [-0.25, -0.2) is 0 Å². The zero-order valence-electron chi connectivity index (χ0n) is 11.8. The van der Waals surface area contributed by atoms with Crippen LogP contribution < -0.4 is 5.32 Å². The molecule has 4 N–H and O–H groups in total. The van der Waals surface area contributed by atoms with Crippen LogP contribution in [0.2, 0.25) is 0 Å². The zero-order chi connectivity index (χ0) is 15.0. The smallest absolute Gasteiger partial charge is 0.200 e. The molecule has 3 unspecified atom stereocenters. The molecule has 0 aliphatic heterocycles. The average Bonchev–Trinajstić information content (AvgIpc) is 3.19. The normalized spacial score (nSPS) is 22.0. The summed E-state index contributed by atoms with van der Waals surface area (Å²) in [5.74, 6) is -0.448. The van der Waals surface area contributed by atoms with Crippen LogP contribution >= 0.6 is 0 Å². The van der Waals surface area contributed by atoms with Crippen LogP contribution in [-0.2, 0) is 0 Å². The molecule has 4 heteroatoms. The number of nitrogens with one attached hydrogen (secondary N) is 1. The third kappa shape index (κ3) is 2.67. The van der Waals surface area contributed by atoms with Gasteiger partial charge in [-0.1, -0.05) is 37.3 Å². The third-order valence-corrected chi connectivity index (χ3v) is 4.10. The summed E-state index contributed by atoms with van der Waals surface area (Å²) >= 11 is 0. The van der Waals surface area contributed by atoms with Gasteiger partial charge in [0.1, 0.15) is 0 Å². The van der Waals surface area contributed by atoms with E-state index >= 15 is 0 Å². The van der Waals surface area contributed by atoms with Crippen molar-refractivity contribution in [1.82, 2.24) is 5.32 Å². The summed E-state index contributed by atoms with van der Waals surface area (Å²) in [6, 6.07) is 13.0. The molecule has 4 nitrogen and oxygen atoms in total. The van der Waals surface area contributed by atoms with Crippen molar-refractivity contribution >= 4 is 0 Å². The van der Waals surface area contributed by atoms with Gasteiger partial charge in [0.15, 0.2) is 11.5 Å². The van der Waals surface area contributed by atoms with Crippen LogP contribution in [-0.4, -0.2) is 21.4 Å². The summed E-state index contributed by atoms with van der Waals surface area (Å²) in [5.41, 5.74) is 1.58. The average molecular weight is 285 g/mol. The summed E-state index contributed by atoms with van der Waals surface area (Å²) < 4.78 is 0. The van der Waals surface area contributed by atoms with E-state index in [1.165, 1.54) is 6.07 Å². The van der Waals surface area contributed by atoms with E-state index in [9.17, 15) is 15.3 Å². The van der Waals surface area contributed by atoms with Crippen LogP contribution in [0.3, 0.4) is 0 Å². The monoisotopic (exact) mass is 285 g/mol. The first-order valence-electron chi connectivity index (χ1n) is 7.12. The van der Waals surface area contributed by atoms with Gasteiger partial charge in [0.2, 0.25) is 5.75 Å². The molecule has 3 atom stereocenters. The molecule has 0 heterocycles. The van der Waals surface area contributed by atoms with Crippen LogP contribution in [0.1, 0.15) is 30.5 Å². The lowest BCUT2D eigenvalue weighted by atomic mass is 9.97. The fourth-order valence-electron chi connectivity index (χ4n) is 2.60. The molecule has 0 aromatic heterocycles. The fraction of sp³-hybridized carbons (Fsp3) is 0.294. The molecule has 21 heavy (non-hydrogen) atoms. The lowest BCUT2D eigenvalue weighted by Gasteiger charge is -2.21. The highest BCUT2D eigenvalue weighted by Crippen LogP contribution is 2.42. The zero-order valence-corrected chi connectivity index (χ0v) is 11.8. The predicted octanol–water partition coefficient (Wildman–Crippen LogP) is 2.89. The van der Waals surface area contributed by atoms with Crippen molar-refractivity contribution in [2.45, 2.75) is 25.4 Å². The summed E-state index contributed by atoms with van der Waals surface area (Å²) in [7, 11) is 0. The largest absolute Gasteiger partial charge is 0.504 e. The highest BCUT2D eigenvalue weighted by atomic mass is 16.3. The number of benzene rings is 2. The number of phenols is 3. The Kier molecular flexibility index (Phi) is 3.47. The minimum absolute atomic E-state index is 0.215. The first-order valence-corrected chi connectivity index (χ1v) is 7.12. The molecular weight excluding hydrogens is 266 g/mol. The Morgan fingerprint density at radius 2 is 1.67 bits per heavy atom. The Morgan fingerprint density at radius 3 is 2.29 bits per heavy atom. The van der Waals surface area contributed by atoms with E-state index in [0.29, 0.717) is 17.5 Å². The van der Waals surface area contributed by atoms with E-state index in [0.717, 1.165) is 12.0 Å². The lowest BCUT2D eigenvalue weighted by molar-refractivity contribution is 0.362. The minimum Gasteiger partial charge on any atom is -0.504 e. The van der Waals surface area contributed by atoms with Crippen molar-refractivity contribution in [3.63, 3.8) is 0 Å². The molecule has 1 aliphatic rings. The Balaban J connectivity index is 2.01. The maximum atomic E-state index is 10.2. The Labute approximate surface area is 123 Å². The number of hydrogen-bond donors (Lipinski definition) is 4. The minimum atomic E-state index is -0.473. The van der Waals surface area contributed by atoms with Crippen LogP contribution in [0.5, 0.6) is 17.2 Å². The third-order valence-electron chi connectivity index (χ3n) is 4.10. The van der Waals surface area contributed by atoms with Gasteiger partial charge in [0, 0.05) is 11.6 Å². The second-order valence-electron chi connectivity index (χ2n) is 5.70. The molecule has 1 fully saturated rings. The highest BCUT2D eigenvalue weighted by molar-refractivity contribution is 5.55. The Hall–Kier alpha value is -2.20. The SMILES string of the molecule is CC1CC1NC(c1ccccc1)c1ccc(O)c(O)c1O. The van der Waals surface area contributed by atoms with E-state index in [2.05, 4.69) is 12.2 Å². The summed E-state index contributed by atoms with van der Waals surface area (Å²) in [6.45, 7) is 2.17. The first-order chi connectivity index (χ1) is 10.1. The maximum absolute atomic E-state index is 10.2. The Morgan fingerprint density at radius 1 is 1.00 bits per heavy atom. The van der Waals surface area contributed by atoms with Crippen LogP contribution in [0, 0.1) is 5.92 Å². The predicted molar refractivity (Wildman–Crippen MR) is 80.4 cm³/mol. The van der Waals surface area contributed by atoms with Gasteiger partial charge in [0.05, 0.1) is 6.04 Å². The Bertz CT molecular complexity index is 642. The quantitative estimate of drug-likeness (QED) is 0.652. The molecule has 2 aromatic carbocycles. The van der Waals surface area contributed by atoms with E-state index in [4.69, 9.17) is 0 Å². The second kappa shape index (κ2) is 5.30. The maximum Gasteiger partial charge on any atom is 0.200 e. The van der Waals surface area contributed by atoms with E-state index in [-0.39, 0.29) is 17.5 Å². The van der Waals surface area contributed by atoms with Gasteiger partial charge in [0.25, 0.3) is 0 Å². The molecule has 110 valence electrons. The van der Waals surface area contributed by atoms with E-state index in [1.54, 1.807) is 6.07 Å². The van der Waals surface area contributed by atoms with Crippen molar-refractivity contribution < 1.29 is 15.3 Å².